The Morgan fingerprint density at radius 3 is 2.88 bits per heavy atom. The van der Waals surface area contributed by atoms with E-state index in [1.165, 1.54) is 6.07 Å². The summed E-state index contributed by atoms with van der Waals surface area (Å²) in [5.41, 5.74) is 6.81. The van der Waals surface area contributed by atoms with Crippen LogP contribution in [0.25, 0.3) is 0 Å². The number of rotatable bonds is 3. The van der Waals surface area contributed by atoms with E-state index in [1.54, 1.807) is 23.5 Å². The molecule has 0 aliphatic heterocycles. The first-order chi connectivity index (χ1) is 8.08. The highest BCUT2D eigenvalue weighted by Gasteiger charge is 2.13. The molecule has 90 valence electrons. The van der Waals surface area contributed by atoms with E-state index in [0.717, 1.165) is 14.9 Å². The zero-order valence-electron chi connectivity index (χ0n) is 8.79. The minimum atomic E-state index is -0.399. The van der Waals surface area contributed by atoms with Gasteiger partial charge in [0.2, 0.25) is 0 Å². The largest absolute Gasteiger partial charge is 0.323 e. The fourth-order valence-corrected chi connectivity index (χ4v) is 3.22. The van der Waals surface area contributed by atoms with Crippen LogP contribution in [0.5, 0.6) is 0 Å². The van der Waals surface area contributed by atoms with Gasteiger partial charge in [0, 0.05) is 20.8 Å². The quantitative estimate of drug-likeness (QED) is 0.876. The summed E-state index contributed by atoms with van der Waals surface area (Å²) in [7, 11) is 0. The van der Waals surface area contributed by atoms with E-state index < -0.39 is 5.82 Å². The van der Waals surface area contributed by atoms with Crippen molar-refractivity contribution < 1.29 is 4.39 Å². The Hall–Kier alpha value is -0.420. The topological polar surface area (TPSA) is 26.0 Å². The van der Waals surface area contributed by atoms with Crippen LogP contribution in [0.1, 0.15) is 16.5 Å². The van der Waals surface area contributed by atoms with Crippen molar-refractivity contribution in [2.24, 2.45) is 5.73 Å². The van der Waals surface area contributed by atoms with Gasteiger partial charge < -0.3 is 5.73 Å². The third-order valence-corrected chi connectivity index (χ3v) is 4.67. The minimum Gasteiger partial charge on any atom is -0.323 e. The fraction of sp³-hybridized carbons (Fsp3) is 0.167. The van der Waals surface area contributed by atoms with Gasteiger partial charge >= 0.3 is 0 Å². The maximum atomic E-state index is 13.3. The third-order valence-electron chi connectivity index (χ3n) is 2.42. The second-order valence-corrected chi connectivity index (χ2v) is 5.93. The van der Waals surface area contributed by atoms with Crippen LogP contribution in [-0.4, -0.2) is 0 Å². The van der Waals surface area contributed by atoms with Crippen molar-refractivity contribution in [3.05, 3.63) is 55.4 Å². The predicted octanol–water partition coefficient (Wildman–Crippen LogP) is 4.55. The lowest BCUT2D eigenvalue weighted by Gasteiger charge is -2.11. The summed E-state index contributed by atoms with van der Waals surface area (Å²) in [6.45, 7) is 0. The van der Waals surface area contributed by atoms with Crippen LogP contribution in [0.15, 0.2) is 34.1 Å². The second-order valence-electron chi connectivity index (χ2n) is 3.69. The molecule has 5 heteroatoms. The van der Waals surface area contributed by atoms with E-state index in [4.69, 9.17) is 17.3 Å². The van der Waals surface area contributed by atoms with E-state index >= 15 is 0 Å². The van der Waals surface area contributed by atoms with Crippen LogP contribution in [-0.2, 0) is 6.42 Å². The zero-order valence-corrected chi connectivity index (χ0v) is 11.9. The Kier molecular flexibility index (Phi) is 4.20. The lowest BCUT2D eigenvalue weighted by atomic mass is 10.1. The van der Waals surface area contributed by atoms with Crippen molar-refractivity contribution in [1.82, 2.24) is 0 Å². The molecule has 0 aliphatic rings. The van der Waals surface area contributed by atoms with Crippen LogP contribution in [0, 0.1) is 5.82 Å². The molecule has 1 atom stereocenters. The molecule has 2 N–H and O–H groups in total. The number of halogens is 3. The predicted molar refractivity (Wildman–Crippen MR) is 74.1 cm³/mol. The van der Waals surface area contributed by atoms with Crippen LogP contribution in [0.2, 0.25) is 5.02 Å². The molecule has 0 radical (unpaired) electrons. The van der Waals surface area contributed by atoms with Gasteiger partial charge in [0.05, 0.1) is 5.02 Å². The molecule has 2 aromatic rings. The summed E-state index contributed by atoms with van der Waals surface area (Å²) in [6.07, 6.45) is 0.531. The molecular weight excluding hydrogens is 325 g/mol. The van der Waals surface area contributed by atoms with Gasteiger partial charge in [-0.15, -0.1) is 11.3 Å². The van der Waals surface area contributed by atoms with Crippen molar-refractivity contribution in [3.63, 3.8) is 0 Å². The molecule has 0 saturated carbocycles. The number of nitrogens with two attached hydrogens (primary N) is 1. The highest BCUT2D eigenvalue weighted by Crippen LogP contribution is 2.29. The summed E-state index contributed by atoms with van der Waals surface area (Å²) in [4.78, 5) is 1.05. The van der Waals surface area contributed by atoms with E-state index in [-0.39, 0.29) is 11.1 Å². The normalized spacial score (nSPS) is 12.7. The second kappa shape index (κ2) is 5.48. The molecule has 1 unspecified atom stereocenters. The highest BCUT2D eigenvalue weighted by molar-refractivity contribution is 9.10. The van der Waals surface area contributed by atoms with Gasteiger partial charge in [0.1, 0.15) is 5.82 Å². The molecule has 0 spiro atoms. The molecule has 1 aromatic heterocycles. The molecule has 1 heterocycles. The van der Waals surface area contributed by atoms with Crippen LogP contribution in [0.4, 0.5) is 4.39 Å². The Bertz CT molecular complexity index is 529. The van der Waals surface area contributed by atoms with Gasteiger partial charge in [-0.2, -0.15) is 0 Å². The lowest BCUT2D eigenvalue weighted by Crippen LogP contribution is -2.12. The van der Waals surface area contributed by atoms with Crippen molar-refractivity contribution in [2.45, 2.75) is 12.5 Å². The molecular formula is C12H10BrClFNS. The van der Waals surface area contributed by atoms with Crippen LogP contribution < -0.4 is 5.73 Å². The summed E-state index contributed by atoms with van der Waals surface area (Å²) >= 11 is 10.9. The van der Waals surface area contributed by atoms with Gasteiger partial charge in [0.15, 0.2) is 0 Å². The smallest absolute Gasteiger partial charge is 0.142 e. The molecule has 17 heavy (non-hydrogen) atoms. The van der Waals surface area contributed by atoms with Crippen molar-refractivity contribution in [3.8, 4) is 0 Å². The fourth-order valence-electron chi connectivity index (χ4n) is 1.57. The van der Waals surface area contributed by atoms with E-state index in [0.29, 0.717) is 6.42 Å². The summed E-state index contributed by atoms with van der Waals surface area (Å²) in [6, 6.07) is 6.61. The van der Waals surface area contributed by atoms with Gasteiger partial charge in [0.25, 0.3) is 0 Å². The number of hydrogen-bond donors (Lipinski definition) is 1. The standard InChI is InChI=1S/C12H10BrClFNS/c13-8-5-11(17-6-8)10(16)4-7-2-1-3-9(15)12(7)14/h1-3,5-6,10H,4,16H2. The Labute approximate surface area is 117 Å². The number of hydrogen-bond acceptors (Lipinski definition) is 2. The first kappa shape index (κ1) is 13.0. The lowest BCUT2D eigenvalue weighted by molar-refractivity contribution is 0.623. The van der Waals surface area contributed by atoms with Gasteiger partial charge in [-0.25, -0.2) is 4.39 Å². The third kappa shape index (κ3) is 3.07. The minimum absolute atomic E-state index is 0.161. The average Bonchev–Trinajstić information content (AvgIpc) is 2.72. The Morgan fingerprint density at radius 1 is 1.47 bits per heavy atom. The zero-order chi connectivity index (χ0) is 12.4. The number of benzene rings is 1. The van der Waals surface area contributed by atoms with Gasteiger partial charge in [-0.05, 0) is 40.0 Å². The maximum Gasteiger partial charge on any atom is 0.142 e. The Balaban J connectivity index is 2.18. The first-order valence-electron chi connectivity index (χ1n) is 5.00. The molecule has 0 bridgehead atoms. The molecule has 0 aliphatic carbocycles. The molecule has 0 amide bonds. The molecule has 1 aromatic carbocycles. The van der Waals surface area contributed by atoms with Crippen LogP contribution >= 0.6 is 38.9 Å². The van der Waals surface area contributed by atoms with Gasteiger partial charge in [-0.1, -0.05) is 23.7 Å². The highest BCUT2D eigenvalue weighted by atomic mass is 79.9. The monoisotopic (exact) mass is 333 g/mol. The van der Waals surface area contributed by atoms with E-state index in [2.05, 4.69) is 15.9 Å². The Morgan fingerprint density at radius 2 is 2.24 bits per heavy atom. The summed E-state index contributed by atoms with van der Waals surface area (Å²) in [5, 5.41) is 2.14. The molecule has 0 saturated heterocycles. The average molecular weight is 335 g/mol. The summed E-state index contributed by atoms with van der Waals surface area (Å²) < 4.78 is 14.3. The van der Waals surface area contributed by atoms with E-state index in [9.17, 15) is 4.39 Å². The number of thiophene rings is 1. The van der Waals surface area contributed by atoms with Crippen molar-refractivity contribution in [2.75, 3.05) is 0 Å². The first-order valence-corrected chi connectivity index (χ1v) is 7.05. The molecule has 2 rings (SSSR count). The summed E-state index contributed by atoms with van der Waals surface area (Å²) in [5.74, 6) is -0.399. The van der Waals surface area contributed by atoms with Gasteiger partial charge in [-0.3, -0.25) is 0 Å². The van der Waals surface area contributed by atoms with Crippen LogP contribution in [0.3, 0.4) is 0 Å². The van der Waals surface area contributed by atoms with E-state index in [1.807, 2.05) is 11.4 Å². The SMILES string of the molecule is NC(Cc1cccc(F)c1Cl)c1cc(Br)cs1. The molecule has 1 nitrogen and oxygen atoms in total. The molecule has 0 fully saturated rings. The van der Waals surface area contributed by atoms with Crippen molar-refractivity contribution >= 4 is 38.9 Å². The maximum absolute atomic E-state index is 13.3. The van der Waals surface area contributed by atoms with Crippen molar-refractivity contribution in [1.29, 1.82) is 0 Å².